The van der Waals surface area contributed by atoms with Crippen LogP contribution >= 0.6 is 0 Å². The molecule has 1 aliphatic heterocycles. The Labute approximate surface area is 190 Å². The van der Waals surface area contributed by atoms with Gasteiger partial charge in [0.15, 0.2) is 0 Å². The second-order valence-corrected chi connectivity index (χ2v) is 9.52. The number of aliphatic imine (C=N–C) groups is 1. The van der Waals surface area contributed by atoms with E-state index in [0.717, 1.165) is 54.8 Å². The summed E-state index contributed by atoms with van der Waals surface area (Å²) >= 11 is 0. The Morgan fingerprint density at radius 3 is 2.72 bits per heavy atom. The Balaban J connectivity index is 1.52. The van der Waals surface area contributed by atoms with Gasteiger partial charge in [-0.1, -0.05) is 39.3 Å². The number of hydrogen-bond donors (Lipinski definition) is 0. The third-order valence-electron chi connectivity index (χ3n) is 5.94. The van der Waals surface area contributed by atoms with Crippen LogP contribution in [0.25, 0.3) is 11.0 Å². The van der Waals surface area contributed by atoms with Gasteiger partial charge in [0.2, 0.25) is 11.8 Å². The molecule has 0 saturated carbocycles. The van der Waals surface area contributed by atoms with Crippen LogP contribution in [0, 0.1) is 12.3 Å². The summed E-state index contributed by atoms with van der Waals surface area (Å²) in [6.45, 7) is 11.8. The molecule has 2 aromatic rings. The Bertz CT molecular complexity index is 1000. The Kier molecular flexibility index (Phi) is 7.64. The molecule has 0 N–H and O–H groups in total. The van der Waals surface area contributed by atoms with Crippen LogP contribution in [0.4, 0.5) is 0 Å². The molecule has 0 aromatic carbocycles. The van der Waals surface area contributed by atoms with E-state index >= 15 is 0 Å². The van der Waals surface area contributed by atoms with Crippen molar-refractivity contribution in [1.29, 1.82) is 0 Å². The lowest BCUT2D eigenvalue weighted by Crippen LogP contribution is -2.51. The molecular weight excluding hydrogens is 404 g/mol. The Morgan fingerprint density at radius 2 is 2.06 bits per heavy atom. The zero-order chi connectivity index (χ0) is 23.3. The van der Waals surface area contributed by atoms with Gasteiger partial charge < -0.3 is 14.3 Å². The standard InChI is InChI=1S/C24H36N6O2/c1-7-18-15-26-23(32-28-18)22(24(3,4)5)29(6)21(31)11-9-8-10-14-30-17(2)27-19-16-25-13-12-20(19)30/h12-13,16,22H,7-11,14-15H2,1-6H3. The van der Waals surface area contributed by atoms with E-state index in [9.17, 15) is 4.79 Å². The molecule has 1 aliphatic rings. The Hall–Kier alpha value is -2.77. The van der Waals surface area contributed by atoms with Gasteiger partial charge in [0.1, 0.15) is 17.4 Å². The molecule has 3 rings (SSSR count). The number of carbonyl (C=O) groups is 1. The van der Waals surface area contributed by atoms with Crippen LogP contribution in [0.2, 0.25) is 0 Å². The summed E-state index contributed by atoms with van der Waals surface area (Å²) in [5.74, 6) is 1.64. The second kappa shape index (κ2) is 10.2. The molecule has 0 saturated heterocycles. The van der Waals surface area contributed by atoms with Crippen molar-refractivity contribution in [2.24, 2.45) is 15.6 Å². The number of hydrogen-bond acceptors (Lipinski definition) is 6. The maximum atomic E-state index is 13.0. The molecule has 2 aromatic heterocycles. The highest BCUT2D eigenvalue weighted by molar-refractivity contribution is 5.94. The van der Waals surface area contributed by atoms with Crippen LogP contribution in [0.1, 0.15) is 65.6 Å². The number of oxime groups is 1. The number of amides is 1. The highest BCUT2D eigenvalue weighted by Gasteiger charge is 2.37. The van der Waals surface area contributed by atoms with Gasteiger partial charge in [0.05, 0.1) is 24.0 Å². The lowest BCUT2D eigenvalue weighted by atomic mass is 9.85. The first kappa shape index (κ1) is 23.9. The number of unbranched alkanes of at least 4 members (excludes halogenated alkanes) is 2. The van der Waals surface area contributed by atoms with Crippen LogP contribution in [0.3, 0.4) is 0 Å². The summed E-state index contributed by atoms with van der Waals surface area (Å²) in [4.78, 5) is 33.7. The van der Waals surface area contributed by atoms with Crippen molar-refractivity contribution in [3.05, 3.63) is 24.3 Å². The van der Waals surface area contributed by atoms with Gasteiger partial charge in [-0.2, -0.15) is 0 Å². The zero-order valence-electron chi connectivity index (χ0n) is 20.3. The summed E-state index contributed by atoms with van der Waals surface area (Å²) in [7, 11) is 1.85. The number of aromatic nitrogens is 3. The molecule has 1 unspecified atom stereocenters. The molecule has 0 aliphatic carbocycles. The van der Waals surface area contributed by atoms with E-state index in [1.807, 2.05) is 27.0 Å². The van der Waals surface area contributed by atoms with E-state index in [2.05, 4.69) is 45.5 Å². The Morgan fingerprint density at radius 1 is 1.28 bits per heavy atom. The molecule has 0 spiro atoms. The fraction of sp³-hybridized carbons (Fsp3) is 0.625. The van der Waals surface area contributed by atoms with Crippen LogP contribution in [0.5, 0.6) is 0 Å². The largest absolute Gasteiger partial charge is 0.339 e. The minimum Gasteiger partial charge on any atom is -0.339 e. The molecule has 8 nitrogen and oxygen atoms in total. The van der Waals surface area contributed by atoms with Crippen LogP contribution in [-0.4, -0.2) is 56.6 Å². The number of nitrogens with zero attached hydrogens (tertiary/aromatic N) is 6. The number of carbonyl (C=O) groups excluding carboxylic acids is 1. The van der Waals surface area contributed by atoms with E-state index in [1.165, 1.54) is 0 Å². The van der Waals surface area contributed by atoms with Gasteiger partial charge in [-0.15, -0.1) is 0 Å². The molecule has 174 valence electrons. The molecule has 0 fully saturated rings. The van der Waals surface area contributed by atoms with Crippen molar-refractivity contribution >= 4 is 28.6 Å². The lowest BCUT2D eigenvalue weighted by Gasteiger charge is -2.37. The summed E-state index contributed by atoms with van der Waals surface area (Å²) in [5, 5.41) is 4.18. The van der Waals surface area contributed by atoms with E-state index in [4.69, 9.17) is 4.84 Å². The van der Waals surface area contributed by atoms with E-state index < -0.39 is 0 Å². The van der Waals surface area contributed by atoms with E-state index in [0.29, 0.717) is 18.9 Å². The van der Waals surface area contributed by atoms with Gasteiger partial charge in [0.25, 0.3) is 0 Å². The van der Waals surface area contributed by atoms with Gasteiger partial charge in [-0.05, 0) is 37.7 Å². The summed E-state index contributed by atoms with van der Waals surface area (Å²) in [5.41, 5.74) is 2.76. The predicted molar refractivity (Wildman–Crippen MR) is 128 cm³/mol. The SMILES string of the molecule is CCC1=NOC(C(N(C)C(=O)CCCCCn2c(C)nc3cnccc32)C(C)(C)C)=NC1. The quantitative estimate of drug-likeness (QED) is 0.542. The van der Waals surface area contributed by atoms with Crippen molar-refractivity contribution in [2.75, 3.05) is 13.6 Å². The van der Waals surface area contributed by atoms with Crippen molar-refractivity contribution in [2.45, 2.75) is 79.3 Å². The topological polar surface area (TPSA) is 85.0 Å². The number of likely N-dealkylation sites (N-methyl/N-ethyl adjacent to an activating group) is 1. The molecule has 3 heterocycles. The number of rotatable bonds is 9. The molecule has 1 amide bonds. The minimum atomic E-state index is -0.245. The molecule has 8 heteroatoms. The van der Waals surface area contributed by atoms with Crippen molar-refractivity contribution in [3.8, 4) is 0 Å². The summed E-state index contributed by atoms with van der Waals surface area (Å²) in [6.07, 6.45) is 7.75. The van der Waals surface area contributed by atoms with Crippen molar-refractivity contribution in [3.63, 3.8) is 0 Å². The number of aryl methyl sites for hydroxylation is 2. The molecule has 1 atom stereocenters. The highest BCUT2D eigenvalue weighted by atomic mass is 16.6. The van der Waals surface area contributed by atoms with Crippen LogP contribution < -0.4 is 0 Å². The monoisotopic (exact) mass is 440 g/mol. The third-order valence-corrected chi connectivity index (χ3v) is 5.94. The van der Waals surface area contributed by atoms with Crippen LogP contribution in [-0.2, 0) is 16.2 Å². The smallest absolute Gasteiger partial charge is 0.243 e. The van der Waals surface area contributed by atoms with E-state index in [1.54, 1.807) is 17.3 Å². The first-order chi connectivity index (χ1) is 15.2. The van der Waals surface area contributed by atoms with Gasteiger partial charge >= 0.3 is 0 Å². The third kappa shape index (κ3) is 5.53. The number of imidazole rings is 1. The molecular formula is C24H36N6O2. The van der Waals surface area contributed by atoms with E-state index in [-0.39, 0.29) is 17.4 Å². The van der Waals surface area contributed by atoms with Crippen molar-refractivity contribution in [1.82, 2.24) is 19.4 Å². The highest BCUT2D eigenvalue weighted by Crippen LogP contribution is 2.27. The fourth-order valence-electron chi connectivity index (χ4n) is 4.20. The van der Waals surface area contributed by atoms with Gasteiger partial charge in [-0.3, -0.25) is 9.78 Å². The van der Waals surface area contributed by atoms with Gasteiger partial charge in [0, 0.05) is 26.2 Å². The first-order valence-corrected chi connectivity index (χ1v) is 11.5. The lowest BCUT2D eigenvalue weighted by molar-refractivity contribution is -0.132. The molecule has 0 bridgehead atoms. The minimum absolute atomic E-state index is 0.108. The van der Waals surface area contributed by atoms with Gasteiger partial charge in [-0.25, -0.2) is 9.98 Å². The average Bonchev–Trinajstić information content (AvgIpc) is 3.08. The van der Waals surface area contributed by atoms with Crippen molar-refractivity contribution < 1.29 is 9.63 Å². The maximum Gasteiger partial charge on any atom is 0.243 e. The first-order valence-electron chi connectivity index (χ1n) is 11.5. The maximum absolute atomic E-state index is 13.0. The average molecular weight is 441 g/mol. The predicted octanol–water partition coefficient (Wildman–Crippen LogP) is 4.37. The number of fused-ring (bicyclic) bond motifs is 1. The fourth-order valence-corrected chi connectivity index (χ4v) is 4.20. The number of pyridine rings is 1. The molecule has 0 radical (unpaired) electrons. The summed E-state index contributed by atoms with van der Waals surface area (Å²) in [6, 6.07) is 1.76. The molecule has 32 heavy (non-hydrogen) atoms. The summed E-state index contributed by atoms with van der Waals surface area (Å²) < 4.78 is 2.23. The van der Waals surface area contributed by atoms with Crippen LogP contribution in [0.15, 0.2) is 28.6 Å². The second-order valence-electron chi connectivity index (χ2n) is 9.52. The normalized spacial score (nSPS) is 15.2. The zero-order valence-corrected chi connectivity index (χ0v) is 20.3.